The smallest absolute Gasteiger partial charge is 0.303 e. The average molecular weight is 529 g/mol. The first-order chi connectivity index (χ1) is 13.8. The topological polar surface area (TPSA) is 83.5 Å². The molecule has 7 heteroatoms. The fourth-order valence-corrected chi connectivity index (χ4v) is 5.70. The Morgan fingerprint density at radius 1 is 1.24 bits per heavy atom. The van der Waals surface area contributed by atoms with E-state index in [1.807, 2.05) is 24.3 Å². The standard InChI is InChI=1S/C22H28INO4S/c23-19-10-6-16(7-11-19)12-13-29(27,28)24-15-21-18-9-8-17(14-18)20(21)4-2-1-3-5-22(25)26/h2,4,6-7,10-11,15,17-18,20,24H,1,3,5,8-9,12-14H2,(H,25,26). The van der Waals surface area contributed by atoms with Crippen molar-refractivity contribution in [3.8, 4) is 0 Å². The van der Waals surface area contributed by atoms with Gasteiger partial charge >= 0.3 is 5.97 Å². The lowest BCUT2D eigenvalue weighted by Crippen LogP contribution is -2.24. The first-order valence-electron chi connectivity index (χ1n) is 10.2. The molecule has 0 amide bonds. The van der Waals surface area contributed by atoms with Gasteiger partial charge in [-0.1, -0.05) is 24.3 Å². The number of hydrogen-bond donors (Lipinski definition) is 2. The van der Waals surface area contributed by atoms with E-state index in [0.29, 0.717) is 24.7 Å². The lowest BCUT2D eigenvalue weighted by molar-refractivity contribution is -0.137. The lowest BCUT2D eigenvalue weighted by Gasteiger charge is -2.22. The van der Waals surface area contributed by atoms with Crippen LogP contribution in [0.25, 0.3) is 0 Å². The fourth-order valence-electron chi connectivity index (χ4n) is 4.41. The van der Waals surface area contributed by atoms with Gasteiger partial charge in [-0.3, -0.25) is 9.52 Å². The molecule has 2 saturated carbocycles. The van der Waals surface area contributed by atoms with Crippen molar-refractivity contribution in [2.24, 2.45) is 17.8 Å². The summed E-state index contributed by atoms with van der Waals surface area (Å²) < 4.78 is 28.8. The van der Waals surface area contributed by atoms with E-state index in [9.17, 15) is 13.2 Å². The second kappa shape index (κ2) is 10.1. The highest BCUT2D eigenvalue weighted by atomic mass is 127. The van der Waals surface area contributed by atoms with Crippen molar-refractivity contribution in [2.75, 3.05) is 5.75 Å². The number of rotatable bonds is 10. The van der Waals surface area contributed by atoms with Crippen LogP contribution in [0.5, 0.6) is 0 Å². The maximum Gasteiger partial charge on any atom is 0.303 e. The first kappa shape index (κ1) is 22.3. The maximum absolute atomic E-state index is 12.5. The van der Waals surface area contributed by atoms with Crippen molar-refractivity contribution in [3.05, 3.63) is 57.3 Å². The van der Waals surface area contributed by atoms with Gasteiger partial charge in [0.1, 0.15) is 0 Å². The molecule has 158 valence electrons. The normalized spacial score (nSPS) is 25.1. The summed E-state index contributed by atoms with van der Waals surface area (Å²) in [5.74, 6) is 0.628. The minimum absolute atomic E-state index is 0.0706. The summed E-state index contributed by atoms with van der Waals surface area (Å²) in [6.45, 7) is 0. The molecule has 5 nitrogen and oxygen atoms in total. The molecule has 1 aromatic rings. The molecular formula is C22H28INO4S. The third-order valence-corrected chi connectivity index (χ3v) is 7.86. The zero-order valence-electron chi connectivity index (χ0n) is 16.4. The second-order valence-electron chi connectivity index (χ2n) is 7.97. The summed E-state index contributed by atoms with van der Waals surface area (Å²) in [5, 5.41) is 8.73. The van der Waals surface area contributed by atoms with Crippen LogP contribution in [0.3, 0.4) is 0 Å². The van der Waals surface area contributed by atoms with Crippen LogP contribution in [-0.2, 0) is 21.2 Å². The molecule has 0 spiro atoms. The van der Waals surface area contributed by atoms with Gasteiger partial charge in [-0.2, -0.15) is 0 Å². The molecule has 3 atom stereocenters. The van der Waals surface area contributed by atoms with Crippen molar-refractivity contribution in [2.45, 2.75) is 44.9 Å². The molecule has 2 aliphatic carbocycles. The van der Waals surface area contributed by atoms with Crippen LogP contribution in [0.1, 0.15) is 44.1 Å². The number of aliphatic carboxylic acids is 1. The van der Waals surface area contributed by atoms with E-state index in [1.165, 1.54) is 12.0 Å². The van der Waals surface area contributed by atoms with Crippen LogP contribution < -0.4 is 4.72 Å². The zero-order valence-corrected chi connectivity index (χ0v) is 19.4. The summed E-state index contributed by atoms with van der Waals surface area (Å²) >= 11 is 2.23. The highest BCUT2D eigenvalue weighted by Crippen LogP contribution is 2.52. The number of aryl methyl sites for hydroxylation is 1. The molecule has 2 fully saturated rings. The number of carboxylic acids is 1. The van der Waals surface area contributed by atoms with Crippen LogP contribution in [-0.4, -0.2) is 25.2 Å². The van der Waals surface area contributed by atoms with Gasteiger partial charge in [0.05, 0.1) is 5.75 Å². The van der Waals surface area contributed by atoms with E-state index in [1.54, 1.807) is 6.20 Å². The van der Waals surface area contributed by atoms with E-state index in [-0.39, 0.29) is 18.1 Å². The number of nitrogens with one attached hydrogen (secondary N) is 1. The summed E-state index contributed by atoms with van der Waals surface area (Å²) in [6.07, 6.45) is 11.5. The Morgan fingerprint density at radius 3 is 2.72 bits per heavy atom. The molecule has 3 rings (SSSR count). The predicted molar refractivity (Wildman–Crippen MR) is 123 cm³/mol. The summed E-state index contributed by atoms with van der Waals surface area (Å²) in [7, 11) is -3.37. The van der Waals surface area contributed by atoms with Gasteiger partial charge in [-0.15, -0.1) is 0 Å². The van der Waals surface area contributed by atoms with Crippen molar-refractivity contribution >= 4 is 38.6 Å². The molecule has 0 aliphatic heterocycles. The predicted octanol–water partition coefficient (Wildman–Crippen LogP) is 4.49. The Bertz CT molecular complexity index is 877. The van der Waals surface area contributed by atoms with Crippen molar-refractivity contribution < 1.29 is 18.3 Å². The summed E-state index contributed by atoms with van der Waals surface area (Å²) in [4.78, 5) is 10.6. The van der Waals surface area contributed by atoms with Gasteiger partial charge in [0, 0.05) is 22.1 Å². The Labute approximate surface area is 186 Å². The molecule has 3 unspecified atom stereocenters. The molecule has 0 radical (unpaired) electrons. The number of sulfonamides is 1. The number of halogens is 1. The number of unbranched alkanes of at least 4 members (excludes halogenated alkanes) is 1. The first-order valence-corrected chi connectivity index (χ1v) is 12.9. The largest absolute Gasteiger partial charge is 0.481 e. The molecule has 29 heavy (non-hydrogen) atoms. The van der Waals surface area contributed by atoms with E-state index in [2.05, 4.69) is 39.5 Å². The number of allylic oxidation sites excluding steroid dienone is 3. The minimum atomic E-state index is -3.37. The Balaban J connectivity index is 1.57. The molecule has 1 aromatic carbocycles. The molecule has 2 aliphatic rings. The van der Waals surface area contributed by atoms with Gasteiger partial charge in [-0.05, 0) is 96.2 Å². The molecule has 2 bridgehead atoms. The highest BCUT2D eigenvalue weighted by Gasteiger charge is 2.42. The minimum Gasteiger partial charge on any atom is -0.481 e. The van der Waals surface area contributed by atoms with E-state index in [4.69, 9.17) is 5.11 Å². The van der Waals surface area contributed by atoms with Gasteiger partial charge in [0.2, 0.25) is 10.0 Å². The lowest BCUT2D eigenvalue weighted by atomic mass is 9.84. The van der Waals surface area contributed by atoms with Crippen LogP contribution in [0.4, 0.5) is 0 Å². The third kappa shape index (κ3) is 6.57. The van der Waals surface area contributed by atoms with Gasteiger partial charge in [0.15, 0.2) is 0 Å². The summed E-state index contributed by atoms with van der Waals surface area (Å²) in [6, 6.07) is 7.91. The number of fused-ring (bicyclic) bond motifs is 2. The van der Waals surface area contributed by atoms with Crippen LogP contribution in [0.15, 0.2) is 48.2 Å². The number of hydrogen-bond acceptors (Lipinski definition) is 3. The molecule has 2 N–H and O–H groups in total. The monoisotopic (exact) mass is 529 g/mol. The number of carbonyl (C=O) groups is 1. The van der Waals surface area contributed by atoms with Crippen molar-refractivity contribution in [1.82, 2.24) is 4.72 Å². The molecule has 0 saturated heterocycles. The molecular weight excluding hydrogens is 501 g/mol. The number of carboxylic acid groups (broad SMARTS) is 1. The van der Waals surface area contributed by atoms with Gasteiger partial charge in [-0.25, -0.2) is 8.42 Å². The van der Waals surface area contributed by atoms with E-state index >= 15 is 0 Å². The van der Waals surface area contributed by atoms with Crippen LogP contribution in [0, 0.1) is 21.3 Å². The average Bonchev–Trinajstić information content (AvgIpc) is 3.27. The zero-order chi connectivity index (χ0) is 20.9. The van der Waals surface area contributed by atoms with Crippen molar-refractivity contribution in [3.63, 3.8) is 0 Å². The van der Waals surface area contributed by atoms with E-state index < -0.39 is 16.0 Å². The van der Waals surface area contributed by atoms with Gasteiger partial charge in [0.25, 0.3) is 0 Å². The van der Waals surface area contributed by atoms with Crippen molar-refractivity contribution in [1.29, 1.82) is 0 Å². The van der Waals surface area contributed by atoms with Gasteiger partial charge < -0.3 is 5.11 Å². The van der Waals surface area contributed by atoms with E-state index in [0.717, 1.165) is 28.4 Å². The second-order valence-corrected chi connectivity index (χ2v) is 11.1. The third-order valence-electron chi connectivity index (χ3n) is 5.92. The van der Waals surface area contributed by atoms with Crippen LogP contribution >= 0.6 is 22.6 Å². The quantitative estimate of drug-likeness (QED) is 0.266. The Morgan fingerprint density at radius 2 is 2.00 bits per heavy atom. The SMILES string of the molecule is O=C(O)CCCC=CC1C(=CNS(=O)(=O)CCc2ccc(I)cc2)C2CCC1C2. The highest BCUT2D eigenvalue weighted by molar-refractivity contribution is 14.1. The van der Waals surface area contributed by atoms with Crippen LogP contribution in [0.2, 0.25) is 0 Å². The molecule has 0 aromatic heterocycles. The number of benzene rings is 1. The molecule has 0 heterocycles. The Hall–Kier alpha value is -1.35. The Kier molecular flexibility index (Phi) is 7.79. The summed E-state index contributed by atoms with van der Waals surface area (Å²) in [5.41, 5.74) is 2.21. The maximum atomic E-state index is 12.5. The fraction of sp³-hybridized carbons (Fsp3) is 0.500.